The second-order valence-electron chi connectivity index (χ2n) is 3.88. The van der Waals surface area contributed by atoms with Crippen molar-refractivity contribution in [2.75, 3.05) is 0 Å². The molecule has 0 unspecified atom stereocenters. The zero-order valence-electron chi connectivity index (χ0n) is 10.3. The van der Waals surface area contributed by atoms with Crippen LogP contribution < -0.4 is 0 Å². The van der Waals surface area contributed by atoms with Crippen LogP contribution in [-0.2, 0) is 6.54 Å². The minimum atomic E-state index is 0.782. The van der Waals surface area contributed by atoms with E-state index in [1.807, 2.05) is 12.3 Å². The Labute approximate surface area is 98.9 Å². The van der Waals surface area contributed by atoms with Crippen LogP contribution in [0, 0.1) is 0 Å². The number of allylic oxidation sites excluding steroid dienone is 2. The molecule has 1 rings (SSSR count). The van der Waals surface area contributed by atoms with Crippen molar-refractivity contribution in [1.82, 2.24) is 0 Å². The summed E-state index contributed by atoms with van der Waals surface area (Å²) in [6.07, 6.45) is 7.73. The molecule has 0 aromatic heterocycles. The molecule has 0 aliphatic heterocycles. The average molecular weight is 215 g/mol. The van der Waals surface area contributed by atoms with Crippen molar-refractivity contribution in [3.8, 4) is 0 Å². The van der Waals surface area contributed by atoms with E-state index in [4.69, 9.17) is 0 Å². The highest BCUT2D eigenvalue weighted by molar-refractivity contribution is 5.78. The van der Waals surface area contributed by atoms with E-state index < -0.39 is 0 Å². The zero-order chi connectivity index (χ0) is 11.6. The Morgan fingerprint density at radius 2 is 1.94 bits per heavy atom. The molecular weight excluding hydrogens is 194 g/mol. The van der Waals surface area contributed by atoms with Crippen LogP contribution in [0.25, 0.3) is 0 Å². The quantitative estimate of drug-likeness (QED) is 0.624. The van der Waals surface area contributed by atoms with Gasteiger partial charge in [-0.1, -0.05) is 56.7 Å². The van der Waals surface area contributed by atoms with Crippen LogP contribution in [0.15, 0.2) is 47.0 Å². The number of rotatable bonds is 6. The Morgan fingerprint density at radius 3 is 2.56 bits per heavy atom. The van der Waals surface area contributed by atoms with Crippen LogP contribution in [0.5, 0.6) is 0 Å². The fraction of sp³-hybridized carbons (Fsp3) is 0.400. The molecule has 1 aromatic carbocycles. The van der Waals surface area contributed by atoms with Crippen molar-refractivity contribution in [2.24, 2.45) is 4.99 Å². The first-order chi connectivity index (χ1) is 7.86. The van der Waals surface area contributed by atoms with Gasteiger partial charge in [-0.15, -0.1) is 0 Å². The maximum Gasteiger partial charge on any atom is 0.0639 e. The van der Waals surface area contributed by atoms with Crippen LogP contribution in [0.3, 0.4) is 0 Å². The molecule has 1 nitrogen and oxygen atoms in total. The third-order valence-corrected chi connectivity index (χ3v) is 2.48. The smallest absolute Gasteiger partial charge is 0.0639 e. The average Bonchev–Trinajstić information content (AvgIpc) is 2.35. The van der Waals surface area contributed by atoms with Crippen molar-refractivity contribution in [3.05, 3.63) is 47.5 Å². The molecule has 0 aliphatic rings. The van der Waals surface area contributed by atoms with Gasteiger partial charge in [0.05, 0.1) is 6.54 Å². The highest BCUT2D eigenvalue weighted by Crippen LogP contribution is 2.03. The van der Waals surface area contributed by atoms with E-state index in [2.05, 4.69) is 49.2 Å². The van der Waals surface area contributed by atoms with E-state index in [1.165, 1.54) is 17.6 Å². The largest absolute Gasteiger partial charge is 0.288 e. The minimum absolute atomic E-state index is 0.782. The first-order valence-corrected chi connectivity index (χ1v) is 6.09. The van der Waals surface area contributed by atoms with Gasteiger partial charge in [0.1, 0.15) is 0 Å². The van der Waals surface area contributed by atoms with Gasteiger partial charge in [0.25, 0.3) is 0 Å². The van der Waals surface area contributed by atoms with E-state index in [9.17, 15) is 0 Å². The van der Waals surface area contributed by atoms with Crippen molar-refractivity contribution in [1.29, 1.82) is 0 Å². The second kappa shape index (κ2) is 7.86. The number of benzene rings is 1. The first kappa shape index (κ1) is 12.7. The SMILES string of the molecule is CCC/C=C(/C=NCc1ccccc1)CC. The number of unbranched alkanes of at least 4 members (excludes halogenated alkanes) is 1. The molecular formula is C15H21N. The van der Waals surface area contributed by atoms with E-state index in [0.717, 1.165) is 19.4 Å². The standard InChI is InChI=1S/C15H21N/c1-3-5-9-14(4-2)12-16-13-15-10-7-6-8-11-15/h6-12H,3-5,13H2,1-2H3/b14-9+,16-12?. The van der Waals surface area contributed by atoms with E-state index in [1.54, 1.807) is 0 Å². The highest BCUT2D eigenvalue weighted by Gasteiger charge is 1.89. The molecule has 0 heterocycles. The summed E-state index contributed by atoms with van der Waals surface area (Å²) in [5, 5.41) is 0. The first-order valence-electron chi connectivity index (χ1n) is 6.09. The summed E-state index contributed by atoms with van der Waals surface area (Å²) in [5.74, 6) is 0. The maximum absolute atomic E-state index is 4.47. The molecule has 0 aliphatic carbocycles. The molecule has 0 bridgehead atoms. The van der Waals surface area contributed by atoms with Gasteiger partial charge >= 0.3 is 0 Å². The van der Waals surface area contributed by atoms with E-state index in [-0.39, 0.29) is 0 Å². The molecule has 0 saturated carbocycles. The Balaban J connectivity index is 2.47. The van der Waals surface area contributed by atoms with Gasteiger partial charge in [0.2, 0.25) is 0 Å². The zero-order valence-corrected chi connectivity index (χ0v) is 10.3. The minimum Gasteiger partial charge on any atom is -0.288 e. The van der Waals surface area contributed by atoms with Crippen molar-refractivity contribution >= 4 is 6.21 Å². The number of aliphatic imine (C=N–C) groups is 1. The van der Waals surface area contributed by atoms with Crippen molar-refractivity contribution < 1.29 is 0 Å². The summed E-state index contributed by atoms with van der Waals surface area (Å²) in [6.45, 7) is 5.16. The maximum atomic E-state index is 4.47. The summed E-state index contributed by atoms with van der Waals surface area (Å²) in [4.78, 5) is 4.47. The van der Waals surface area contributed by atoms with Gasteiger partial charge in [-0.25, -0.2) is 0 Å². The highest BCUT2D eigenvalue weighted by atomic mass is 14.7. The summed E-state index contributed by atoms with van der Waals surface area (Å²) >= 11 is 0. The number of hydrogen-bond donors (Lipinski definition) is 0. The molecule has 0 spiro atoms. The predicted octanol–water partition coefficient (Wildman–Crippen LogP) is 4.39. The van der Waals surface area contributed by atoms with E-state index in [0.29, 0.717) is 0 Å². The molecule has 0 atom stereocenters. The van der Waals surface area contributed by atoms with Crippen LogP contribution in [0.4, 0.5) is 0 Å². The van der Waals surface area contributed by atoms with Crippen LogP contribution >= 0.6 is 0 Å². The molecule has 86 valence electrons. The third-order valence-electron chi connectivity index (χ3n) is 2.48. The number of nitrogens with zero attached hydrogens (tertiary/aromatic N) is 1. The normalized spacial score (nSPS) is 12.2. The van der Waals surface area contributed by atoms with Gasteiger partial charge in [-0.3, -0.25) is 4.99 Å². The fourth-order valence-electron chi connectivity index (χ4n) is 1.47. The molecule has 1 heteroatoms. The molecule has 0 N–H and O–H groups in total. The predicted molar refractivity (Wildman–Crippen MR) is 71.9 cm³/mol. The monoisotopic (exact) mass is 215 g/mol. The third kappa shape index (κ3) is 4.92. The van der Waals surface area contributed by atoms with Crippen LogP contribution in [0.2, 0.25) is 0 Å². The lowest BCUT2D eigenvalue weighted by atomic mass is 10.1. The number of hydrogen-bond acceptors (Lipinski definition) is 1. The summed E-state index contributed by atoms with van der Waals surface area (Å²) in [5.41, 5.74) is 2.61. The Kier molecular flexibility index (Phi) is 6.24. The van der Waals surface area contributed by atoms with Gasteiger partial charge < -0.3 is 0 Å². The molecule has 0 amide bonds. The lowest BCUT2D eigenvalue weighted by Crippen LogP contribution is -1.86. The summed E-state index contributed by atoms with van der Waals surface area (Å²) in [7, 11) is 0. The molecule has 16 heavy (non-hydrogen) atoms. The van der Waals surface area contributed by atoms with E-state index >= 15 is 0 Å². The lowest BCUT2D eigenvalue weighted by Gasteiger charge is -1.97. The topological polar surface area (TPSA) is 12.4 Å². The van der Waals surface area contributed by atoms with Gasteiger partial charge in [-0.05, 0) is 24.0 Å². The Hall–Kier alpha value is -1.37. The summed E-state index contributed by atoms with van der Waals surface area (Å²) in [6, 6.07) is 10.4. The van der Waals surface area contributed by atoms with Crippen LogP contribution in [-0.4, -0.2) is 6.21 Å². The van der Waals surface area contributed by atoms with Crippen molar-refractivity contribution in [2.45, 2.75) is 39.7 Å². The lowest BCUT2D eigenvalue weighted by molar-refractivity contribution is 0.945. The van der Waals surface area contributed by atoms with Crippen molar-refractivity contribution in [3.63, 3.8) is 0 Å². The fourth-order valence-corrected chi connectivity index (χ4v) is 1.47. The van der Waals surface area contributed by atoms with Gasteiger partial charge in [0.15, 0.2) is 0 Å². The van der Waals surface area contributed by atoms with Gasteiger partial charge in [0, 0.05) is 6.21 Å². The Morgan fingerprint density at radius 1 is 1.19 bits per heavy atom. The molecule has 0 fully saturated rings. The Bertz CT molecular complexity index is 336. The summed E-state index contributed by atoms with van der Waals surface area (Å²) < 4.78 is 0. The second-order valence-corrected chi connectivity index (χ2v) is 3.88. The molecule has 1 aromatic rings. The molecule has 0 saturated heterocycles. The van der Waals surface area contributed by atoms with Gasteiger partial charge in [-0.2, -0.15) is 0 Å². The van der Waals surface area contributed by atoms with Crippen LogP contribution in [0.1, 0.15) is 38.7 Å². The molecule has 0 radical (unpaired) electrons.